The van der Waals surface area contributed by atoms with E-state index in [4.69, 9.17) is 11.5 Å². The molecule has 0 fully saturated rings. The molecule has 0 aromatic carbocycles. The summed E-state index contributed by atoms with van der Waals surface area (Å²) >= 11 is 4.65. The molecule has 0 aliphatic carbocycles. The lowest BCUT2D eigenvalue weighted by molar-refractivity contribution is 0.639. The van der Waals surface area contributed by atoms with Crippen LogP contribution < -0.4 is 11.5 Å². The largest absolute Gasteiger partial charge is 0.402 e. The molecule has 0 unspecified atom stereocenters. The molecular weight excluding hydrogens is 144 g/mol. The molecule has 0 aliphatic rings. The van der Waals surface area contributed by atoms with Crippen molar-refractivity contribution >= 4 is 17.2 Å². The first-order chi connectivity index (χ1) is 4.52. The van der Waals surface area contributed by atoms with Crippen LogP contribution >= 0.6 is 12.2 Å². The predicted octanol–water partition coefficient (Wildman–Crippen LogP) is 1.16. The maximum Gasteiger partial charge on any atom is 0.0979 e. The van der Waals surface area contributed by atoms with Gasteiger partial charge in [0.25, 0.3) is 0 Å². The van der Waals surface area contributed by atoms with E-state index in [9.17, 15) is 0 Å². The van der Waals surface area contributed by atoms with Crippen LogP contribution in [0.5, 0.6) is 0 Å². The summed E-state index contributed by atoms with van der Waals surface area (Å²) in [6, 6.07) is 0. The number of hydrogen-bond donors (Lipinski definition) is 2. The summed E-state index contributed by atoms with van der Waals surface area (Å²) in [4.78, 5) is 0.359. The van der Waals surface area contributed by atoms with E-state index in [1.165, 1.54) is 0 Å². The number of allylic oxidation sites excluding steroid dienone is 1. The van der Waals surface area contributed by atoms with E-state index in [0.717, 1.165) is 12.1 Å². The van der Waals surface area contributed by atoms with Crippen LogP contribution in [0.25, 0.3) is 0 Å². The van der Waals surface area contributed by atoms with Crippen molar-refractivity contribution < 1.29 is 0 Å². The summed E-state index contributed by atoms with van der Waals surface area (Å²) in [6.45, 7) is 4.19. The first-order valence-electron chi connectivity index (χ1n) is 3.28. The quantitative estimate of drug-likeness (QED) is 0.478. The molecule has 0 heterocycles. The Morgan fingerprint density at radius 1 is 1.50 bits per heavy atom. The van der Waals surface area contributed by atoms with Crippen LogP contribution in [-0.4, -0.2) is 4.99 Å². The zero-order valence-electron chi connectivity index (χ0n) is 6.42. The highest BCUT2D eigenvalue weighted by Gasteiger charge is 1.95. The molecule has 0 atom stereocenters. The highest BCUT2D eigenvalue weighted by Crippen LogP contribution is 2.04. The average Bonchev–Trinajstić information content (AvgIpc) is 1.58. The lowest BCUT2D eigenvalue weighted by atomic mass is 10.1. The second kappa shape index (κ2) is 4.28. The van der Waals surface area contributed by atoms with Crippen LogP contribution in [0.2, 0.25) is 0 Å². The molecule has 3 heteroatoms. The summed E-state index contributed by atoms with van der Waals surface area (Å²) in [6.07, 6.45) is 2.49. The molecule has 0 aromatic rings. The summed E-state index contributed by atoms with van der Waals surface area (Å²) in [5.41, 5.74) is 11.6. The Morgan fingerprint density at radius 2 is 2.00 bits per heavy atom. The zero-order chi connectivity index (χ0) is 8.15. The third-order valence-electron chi connectivity index (χ3n) is 0.972. The van der Waals surface area contributed by atoms with Gasteiger partial charge in [0.1, 0.15) is 0 Å². The van der Waals surface area contributed by atoms with Crippen molar-refractivity contribution in [1.82, 2.24) is 0 Å². The molecule has 0 spiro atoms. The molecule has 0 rings (SSSR count). The third kappa shape index (κ3) is 5.56. The van der Waals surface area contributed by atoms with Gasteiger partial charge in [-0.3, -0.25) is 0 Å². The molecule has 0 bridgehead atoms. The van der Waals surface area contributed by atoms with Gasteiger partial charge in [-0.2, -0.15) is 0 Å². The normalized spacial score (nSPS) is 12.1. The minimum absolute atomic E-state index is 0.359. The van der Waals surface area contributed by atoms with E-state index < -0.39 is 0 Å². The fraction of sp³-hybridized carbons (Fsp3) is 0.571. The number of thiocarbonyl (C=S) groups is 1. The van der Waals surface area contributed by atoms with Gasteiger partial charge < -0.3 is 11.5 Å². The molecule has 2 nitrogen and oxygen atoms in total. The molecule has 10 heavy (non-hydrogen) atoms. The van der Waals surface area contributed by atoms with Crippen molar-refractivity contribution in [2.75, 3.05) is 0 Å². The van der Waals surface area contributed by atoms with E-state index in [0.29, 0.717) is 10.9 Å². The Morgan fingerprint density at radius 3 is 2.30 bits per heavy atom. The number of hydrogen-bond acceptors (Lipinski definition) is 2. The van der Waals surface area contributed by atoms with Gasteiger partial charge in [0.05, 0.1) is 4.99 Å². The van der Waals surface area contributed by atoms with Crippen molar-refractivity contribution in [3.05, 3.63) is 11.8 Å². The highest BCUT2D eigenvalue weighted by atomic mass is 32.1. The van der Waals surface area contributed by atoms with Crippen molar-refractivity contribution in [1.29, 1.82) is 0 Å². The fourth-order valence-electron chi connectivity index (χ4n) is 0.713. The maximum atomic E-state index is 5.57. The molecule has 0 radical (unpaired) electrons. The lowest BCUT2D eigenvalue weighted by Crippen LogP contribution is -2.09. The minimum Gasteiger partial charge on any atom is -0.402 e. The Labute approximate surface area is 67.3 Å². The zero-order valence-corrected chi connectivity index (χ0v) is 7.24. The number of rotatable bonds is 3. The van der Waals surface area contributed by atoms with Gasteiger partial charge >= 0.3 is 0 Å². The molecule has 0 aromatic heterocycles. The predicted molar refractivity (Wildman–Crippen MR) is 48.5 cm³/mol. The monoisotopic (exact) mass is 158 g/mol. The van der Waals surface area contributed by atoms with Gasteiger partial charge in [0, 0.05) is 5.70 Å². The van der Waals surface area contributed by atoms with E-state index >= 15 is 0 Å². The molecule has 58 valence electrons. The second-order valence-corrected chi connectivity index (χ2v) is 3.19. The molecule has 0 saturated heterocycles. The minimum atomic E-state index is 0.359. The molecule has 0 amide bonds. The van der Waals surface area contributed by atoms with Crippen molar-refractivity contribution in [2.45, 2.75) is 20.3 Å². The van der Waals surface area contributed by atoms with E-state index in [1.807, 2.05) is 0 Å². The van der Waals surface area contributed by atoms with Gasteiger partial charge in [-0.05, 0) is 18.4 Å². The maximum absolute atomic E-state index is 5.57. The molecule has 4 N–H and O–H groups in total. The van der Waals surface area contributed by atoms with Crippen LogP contribution in [0.1, 0.15) is 20.3 Å². The van der Waals surface area contributed by atoms with Crippen LogP contribution in [0, 0.1) is 5.92 Å². The standard InChI is InChI=1S/C7H14N2S/c1-5(2)3-6(8)4-7(9)10/h4-5H,3,8H2,1-2H3,(H2,9,10). The SMILES string of the molecule is CC(C)CC(N)=CC(N)=S. The van der Waals surface area contributed by atoms with Crippen LogP contribution in [0.15, 0.2) is 11.8 Å². The first kappa shape index (κ1) is 9.43. The van der Waals surface area contributed by atoms with Gasteiger partial charge in [0.15, 0.2) is 0 Å². The van der Waals surface area contributed by atoms with Gasteiger partial charge in [-0.1, -0.05) is 26.1 Å². The average molecular weight is 158 g/mol. The molecular formula is C7H14N2S. The summed E-state index contributed by atoms with van der Waals surface area (Å²) < 4.78 is 0. The highest BCUT2D eigenvalue weighted by molar-refractivity contribution is 7.80. The van der Waals surface area contributed by atoms with Crippen LogP contribution in [0.3, 0.4) is 0 Å². The van der Waals surface area contributed by atoms with Crippen LogP contribution in [-0.2, 0) is 0 Å². The van der Waals surface area contributed by atoms with Gasteiger partial charge in [-0.25, -0.2) is 0 Å². The topological polar surface area (TPSA) is 52.0 Å². The van der Waals surface area contributed by atoms with Gasteiger partial charge in [0.2, 0.25) is 0 Å². The third-order valence-corrected chi connectivity index (χ3v) is 1.09. The van der Waals surface area contributed by atoms with Gasteiger partial charge in [-0.15, -0.1) is 0 Å². The summed E-state index contributed by atoms with van der Waals surface area (Å²) in [7, 11) is 0. The van der Waals surface area contributed by atoms with Crippen molar-refractivity contribution in [3.63, 3.8) is 0 Å². The fourth-order valence-corrected chi connectivity index (χ4v) is 0.864. The Kier molecular flexibility index (Phi) is 4.03. The first-order valence-corrected chi connectivity index (χ1v) is 3.68. The Hall–Kier alpha value is -0.570. The lowest BCUT2D eigenvalue weighted by Gasteiger charge is -2.03. The van der Waals surface area contributed by atoms with E-state index in [-0.39, 0.29) is 0 Å². The van der Waals surface area contributed by atoms with Crippen molar-refractivity contribution in [3.8, 4) is 0 Å². The van der Waals surface area contributed by atoms with Crippen LogP contribution in [0.4, 0.5) is 0 Å². The van der Waals surface area contributed by atoms with Crippen molar-refractivity contribution in [2.24, 2.45) is 17.4 Å². The molecule has 0 saturated carbocycles. The summed E-state index contributed by atoms with van der Waals surface area (Å²) in [5.74, 6) is 0.561. The number of nitrogens with two attached hydrogens (primary N) is 2. The van der Waals surface area contributed by atoms with E-state index in [1.54, 1.807) is 6.08 Å². The smallest absolute Gasteiger partial charge is 0.0979 e. The Bertz CT molecular complexity index is 150. The summed E-state index contributed by atoms with van der Waals surface area (Å²) in [5, 5.41) is 0. The molecule has 0 aliphatic heterocycles. The van der Waals surface area contributed by atoms with E-state index in [2.05, 4.69) is 26.1 Å². The Balaban J connectivity index is 3.83. The second-order valence-electron chi connectivity index (χ2n) is 2.72.